The number of hydrogen-bond acceptors (Lipinski definition) is 4. The minimum absolute atomic E-state index is 0.0153. The molecule has 0 saturated heterocycles. The van der Waals surface area contributed by atoms with Gasteiger partial charge in [0.1, 0.15) is 11.5 Å². The number of rotatable bonds is 6. The fourth-order valence-corrected chi connectivity index (χ4v) is 3.00. The molecule has 1 fully saturated rings. The second-order valence-electron chi connectivity index (χ2n) is 5.94. The van der Waals surface area contributed by atoms with Crippen molar-refractivity contribution in [2.75, 3.05) is 19.8 Å². The first-order valence-electron chi connectivity index (χ1n) is 7.92. The number of thioether (sulfide) groups is 1. The van der Waals surface area contributed by atoms with Crippen LogP contribution in [0.2, 0.25) is 0 Å². The summed E-state index contributed by atoms with van der Waals surface area (Å²) in [4.78, 5) is 30.3. The van der Waals surface area contributed by atoms with Crippen LogP contribution in [0.1, 0.15) is 23.3 Å². The van der Waals surface area contributed by atoms with Crippen LogP contribution in [0.15, 0.2) is 35.6 Å². The lowest BCUT2D eigenvalue weighted by molar-refractivity contribution is -0.121. The first-order chi connectivity index (χ1) is 12.0. The summed E-state index contributed by atoms with van der Waals surface area (Å²) >= 11 is 1.38. The van der Waals surface area contributed by atoms with Crippen molar-refractivity contribution in [3.63, 3.8) is 0 Å². The van der Waals surface area contributed by atoms with Gasteiger partial charge < -0.3 is 10.2 Å². The molecule has 0 unspecified atom stereocenters. The monoisotopic (exact) mass is 362 g/mol. The van der Waals surface area contributed by atoms with Gasteiger partial charge in [-0.05, 0) is 43.4 Å². The van der Waals surface area contributed by atoms with Gasteiger partial charge >= 0.3 is 0 Å². The highest BCUT2D eigenvalue weighted by atomic mass is 32.2. The van der Waals surface area contributed by atoms with Crippen molar-refractivity contribution in [3.8, 4) is 5.69 Å². The Morgan fingerprint density at radius 2 is 2.04 bits per heavy atom. The number of nitrogens with one attached hydrogen (secondary N) is 1. The molecule has 3 rings (SSSR count). The molecule has 1 heterocycles. The van der Waals surface area contributed by atoms with Gasteiger partial charge in [0.15, 0.2) is 5.16 Å². The SMILES string of the molecule is CSc1ncc(C(=O)N(C)CC(=O)NC2CC2)n1-c1ccc(F)cc1. The third-order valence-electron chi connectivity index (χ3n) is 3.89. The van der Waals surface area contributed by atoms with Crippen molar-refractivity contribution in [3.05, 3.63) is 42.0 Å². The van der Waals surface area contributed by atoms with E-state index >= 15 is 0 Å². The first kappa shape index (κ1) is 17.5. The number of carbonyl (C=O) groups is 2. The molecule has 1 aliphatic carbocycles. The lowest BCUT2D eigenvalue weighted by Gasteiger charge is -2.18. The number of hydrogen-bond donors (Lipinski definition) is 1. The topological polar surface area (TPSA) is 67.2 Å². The maximum absolute atomic E-state index is 13.2. The minimum atomic E-state index is -0.351. The molecule has 25 heavy (non-hydrogen) atoms. The molecule has 0 atom stereocenters. The number of aromatic nitrogens is 2. The summed E-state index contributed by atoms with van der Waals surface area (Å²) in [6.45, 7) is -0.0153. The Bertz CT molecular complexity index is 786. The summed E-state index contributed by atoms with van der Waals surface area (Å²) in [7, 11) is 1.58. The number of imidazole rings is 1. The standard InChI is InChI=1S/C17H19FN4O2S/c1-21(10-15(23)20-12-5-6-12)16(24)14-9-19-17(25-2)22(14)13-7-3-11(18)4-8-13/h3-4,7-9,12H,5-6,10H2,1-2H3,(H,20,23). The van der Waals surface area contributed by atoms with Gasteiger partial charge in [-0.15, -0.1) is 0 Å². The van der Waals surface area contributed by atoms with Crippen LogP contribution in [-0.2, 0) is 4.79 Å². The third-order valence-corrected chi connectivity index (χ3v) is 4.54. The number of carbonyl (C=O) groups excluding carboxylic acids is 2. The fourth-order valence-electron chi connectivity index (χ4n) is 2.45. The van der Waals surface area contributed by atoms with Crippen LogP contribution in [0.4, 0.5) is 4.39 Å². The second-order valence-corrected chi connectivity index (χ2v) is 6.72. The lowest BCUT2D eigenvalue weighted by atomic mass is 10.3. The third kappa shape index (κ3) is 4.01. The zero-order valence-corrected chi connectivity index (χ0v) is 14.8. The molecule has 2 aromatic rings. The van der Waals surface area contributed by atoms with E-state index in [9.17, 15) is 14.0 Å². The molecule has 1 N–H and O–H groups in total. The van der Waals surface area contributed by atoms with Crippen LogP contribution in [-0.4, -0.2) is 52.2 Å². The van der Waals surface area contributed by atoms with E-state index in [-0.39, 0.29) is 30.2 Å². The Balaban J connectivity index is 1.83. The van der Waals surface area contributed by atoms with Gasteiger partial charge in [0, 0.05) is 18.8 Å². The number of benzene rings is 1. The molecule has 1 aromatic carbocycles. The van der Waals surface area contributed by atoms with Crippen molar-refractivity contribution in [1.82, 2.24) is 19.8 Å². The Labute approximate surface area is 149 Å². The van der Waals surface area contributed by atoms with Crippen molar-refractivity contribution < 1.29 is 14.0 Å². The van der Waals surface area contributed by atoms with Crippen LogP contribution in [0.3, 0.4) is 0 Å². The molecule has 8 heteroatoms. The predicted molar refractivity (Wildman–Crippen MR) is 93.4 cm³/mol. The molecular formula is C17H19FN4O2S. The Hall–Kier alpha value is -2.35. The molecule has 0 aliphatic heterocycles. The van der Waals surface area contributed by atoms with Crippen molar-refractivity contribution in [1.29, 1.82) is 0 Å². The summed E-state index contributed by atoms with van der Waals surface area (Å²) in [5.41, 5.74) is 0.972. The maximum atomic E-state index is 13.2. The van der Waals surface area contributed by atoms with Gasteiger partial charge in [0.25, 0.3) is 5.91 Å². The van der Waals surface area contributed by atoms with Gasteiger partial charge in [0.05, 0.1) is 12.7 Å². The molecule has 1 aromatic heterocycles. The summed E-state index contributed by atoms with van der Waals surface area (Å²) in [6, 6.07) is 6.10. The van der Waals surface area contributed by atoms with Gasteiger partial charge in [-0.25, -0.2) is 9.37 Å². The van der Waals surface area contributed by atoms with E-state index in [1.54, 1.807) is 23.7 Å². The van der Waals surface area contributed by atoms with E-state index in [1.165, 1.54) is 35.0 Å². The predicted octanol–water partition coefficient (Wildman–Crippen LogP) is 2.08. The average Bonchev–Trinajstić information content (AvgIpc) is 3.29. The molecule has 1 saturated carbocycles. The second kappa shape index (κ2) is 7.26. The zero-order chi connectivity index (χ0) is 18.0. The van der Waals surface area contributed by atoms with E-state index in [1.807, 2.05) is 6.26 Å². The number of amides is 2. The van der Waals surface area contributed by atoms with E-state index in [0.717, 1.165) is 12.8 Å². The average molecular weight is 362 g/mol. The van der Waals surface area contributed by atoms with Crippen LogP contribution < -0.4 is 5.32 Å². The molecule has 0 radical (unpaired) electrons. The number of nitrogens with zero attached hydrogens (tertiary/aromatic N) is 3. The van der Waals surface area contributed by atoms with Crippen molar-refractivity contribution >= 4 is 23.6 Å². The normalized spacial score (nSPS) is 13.6. The van der Waals surface area contributed by atoms with Crippen molar-refractivity contribution in [2.24, 2.45) is 0 Å². The smallest absolute Gasteiger partial charge is 0.272 e. The van der Waals surface area contributed by atoms with Crippen LogP contribution in [0.25, 0.3) is 5.69 Å². The quantitative estimate of drug-likeness (QED) is 0.799. The number of likely N-dealkylation sites (N-methyl/N-ethyl adjacent to an activating group) is 1. The highest BCUT2D eigenvalue weighted by Crippen LogP contribution is 2.23. The van der Waals surface area contributed by atoms with Gasteiger partial charge in [-0.1, -0.05) is 11.8 Å². The molecule has 2 amide bonds. The van der Waals surface area contributed by atoms with Crippen LogP contribution in [0.5, 0.6) is 0 Å². The molecule has 0 bridgehead atoms. The van der Waals surface area contributed by atoms with Gasteiger partial charge in [0.2, 0.25) is 5.91 Å². The maximum Gasteiger partial charge on any atom is 0.272 e. The summed E-state index contributed by atoms with van der Waals surface area (Å²) in [5.74, 6) is -0.837. The van der Waals surface area contributed by atoms with Crippen LogP contribution >= 0.6 is 11.8 Å². The zero-order valence-electron chi connectivity index (χ0n) is 14.0. The van der Waals surface area contributed by atoms with E-state index in [4.69, 9.17) is 0 Å². The Morgan fingerprint density at radius 1 is 1.36 bits per heavy atom. The van der Waals surface area contributed by atoms with Gasteiger partial charge in [-0.3, -0.25) is 14.2 Å². The Kier molecular flexibility index (Phi) is 5.08. The van der Waals surface area contributed by atoms with E-state index < -0.39 is 0 Å². The van der Waals surface area contributed by atoms with E-state index in [2.05, 4.69) is 10.3 Å². The van der Waals surface area contributed by atoms with Gasteiger partial charge in [-0.2, -0.15) is 0 Å². The number of halogens is 1. The largest absolute Gasteiger partial charge is 0.352 e. The lowest BCUT2D eigenvalue weighted by Crippen LogP contribution is -2.39. The van der Waals surface area contributed by atoms with E-state index in [0.29, 0.717) is 16.5 Å². The molecule has 0 spiro atoms. The summed E-state index contributed by atoms with van der Waals surface area (Å²) < 4.78 is 14.9. The molecule has 6 nitrogen and oxygen atoms in total. The highest BCUT2D eigenvalue weighted by molar-refractivity contribution is 7.98. The van der Waals surface area contributed by atoms with Crippen LogP contribution in [0, 0.1) is 5.82 Å². The molecular weight excluding hydrogens is 343 g/mol. The first-order valence-corrected chi connectivity index (χ1v) is 9.14. The Morgan fingerprint density at radius 3 is 2.64 bits per heavy atom. The molecule has 1 aliphatic rings. The highest BCUT2D eigenvalue weighted by Gasteiger charge is 2.26. The fraction of sp³-hybridized carbons (Fsp3) is 0.353. The summed E-state index contributed by atoms with van der Waals surface area (Å²) in [5, 5.41) is 3.48. The molecule has 132 valence electrons. The minimum Gasteiger partial charge on any atom is -0.352 e. The summed E-state index contributed by atoms with van der Waals surface area (Å²) in [6.07, 6.45) is 5.33. The van der Waals surface area contributed by atoms with Crippen molar-refractivity contribution in [2.45, 2.75) is 24.0 Å².